The van der Waals surface area contributed by atoms with Gasteiger partial charge in [-0.25, -0.2) is 0 Å². The summed E-state index contributed by atoms with van der Waals surface area (Å²) in [5.41, 5.74) is 0.612. The quantitative estimate of drug-likeness (QED) is 0.608. The highest BCUT2D eigenvalue weighted by atomic mass is 16.6. The van der Waals surface area contributed by atoms with Crippen LogP contribution in [0.5, 0.6) is 5.75 Å². The summed E-state index contributed by atoms with van der Waals surface area (Å²) in [5, 5.41) is 22.4. The van der Waals surface area contributed by atoms with Crippen molar-refractivity contribution in [1.29, 1.82) is 0 Å². The fourth-order valence-electron chi connectivity index (χ4n) is 1.42. The van der Waals surface area contributed by atoms with E-state index >= 15 is 0 Å². The Morgan fingerprint density at radius 1 is 1.59 bits per heavy atom. The van der Waals surface area contributed by atoms with Crippen molar-refractivity contribution >= 4 is 11.4 Å². The second-order valence-corrected chi connectivity index (χ2v) is 3.24. The number of nitrogens with zero attached hydrogens (tertiary/aromatic N) is 1. The number of non-ortho nitro benzene ring substituents is 1. The van der Waals surface area contributed by atoms with Crippen LogP contribution in [-0.2, 0) is 0 Å². The Labute approximate surface area is 99.4 Å². The van der Waals surface area contributed by atoms with Crippen LogP contribution in [-0.4, -0.2) is 29.3 Å². The Kier molecular flexibility index (Phi) is 4.71. The maximum Gasteiger partial charge on any atom is 0.271 e. The van der Waals surface area contributed by atoms with Gasteiger partial charge in [-0.1, -0.05) is 13.8 Å². The normalized spacial score (nSPS) is 16.8. The minimum Gasteiger partial charge on any atom is -0.484 e. The van der Waals surface area contributed by atoms with Crippen LogP contribution in [0.25, 0.3) is 0 Å². The number of benzene rings is 1. The number of hydrogen-bond acceptors (Lipinski definition) is 5. The first-order valence-corrected chi connectivity index (χ1v) is 5.50. The van der Waals surface area contributed by atoms with Crippen LogP contribution >= 0.6 is 0 Å². The number of aliphatic hydroxyl groups excluding tert-OH is 1. The molecule has 2 rings (SSSR count). The summed E-state index contributed by atoms with van der Waals surface area (Å²) in [4.78, 5) is 10.0. The predicted molar refractivity (Wildman–Crippen MR) is 64.4 cm³/mol. The van der Waals surface area contributed by atoms with Gasteiger partial charge in [0.2, 0.25) is 0 Å². The second kappa shape index (κ2) is 6.05. The predicted octanol–water partition coefficient (Wildman–Crippen LogP) is 1.79. The minimum atomic E-state index is -0.458. The van der Waals surface area contributed by atoms with E-state index in [0.717, 1.165) is 0 Å². The topological polar surface area (TPSA) is 84.6 Å². The molecule has 1 atom stereocenters. The highest BCUT2D eigenvalue weighted by Crippen LogP contribution is 2.32. The molecule has 0 spiro atoms. The lowest BCUT2D eigenvalue weighted by Gasteiger charge is -2.25. The second-order valence-electron chi connectivity index (χ2n) is 3.24. The van der Waals surface area contributed by atoms with Crippen molar-refractivity contribution in [2.24, 2.45) is 0 Å². The fourth-order valence-corrected chi connectivity index (χ4v) is 1.42. The molecule has 0 aromatic heterocycles. The molecule has 0 bridgehead atoms. The van der Waals surface area contributed by atoms with E-state index in [0.29, 0.717) is 18.0 Å². The lowest BCUT2D eigenvalue weighted by molar-refractivity contribution is -0.384. The molecular formula is C11H16N2O4. The summed E-state index contributed by atoms with van der Waals surface area (Å²) in [5.74, 6) is 0.533. The number of fused-ring (bicyclic) bond motifs is 1. The van der Waals surface area contributed by atoms with Crippen molar-refractivity contribution in [3.8, 4) is 5.75 Å². The Balaban J connectivity index is 0.000000686. The van der Waals surface area contributed by atoms with E-state index in [2.05, 4.69) is 5.32 Å². The van der Waals surface area contributed by atoms with Gasteiger partial charge in [0.15, 0.2) is 0 Å². The first kappa shape index (κ1) is 13.2. The van der Waals surface area contributed by atoms with Gasteiger partial charge in [-0.2, -0.15) is 0 Å². The first-order valence-electron chi connectivity index (χ1n) is 5.50. The molecule has 2 N–H and O–H groups in total. The lowest BCUT2D eigenvalue weighted by atomic mass is 10.2. The highest BCUT2D eigenvalue weighted by molar-refractivity contribution is 5.62. The van der Waals surface area contributed by atoms with E-state index < -0.39 is 4.92 Å². The number of anilines is 1. The molecule has 17 heavy (non-hydrogen) atoms. The van der Waals surface area contributed by atoms with Gasteiger partial charge in [0.25, 0.3) is 5.69 Å². The van der Waals surface area contributed by atoms with Crippen molar-refractivity contribution in [2.75, 3.05) is 18.5 Å². The van der Waals surface area contributed by atoms with Crippen molar-refractivity contribution < 1.29 is 14.8 Å². The van der Waals surface area contributed by atoms with E-state index in [1.54, 1.807) is 0 Å². The summed E-state index contributed by atoms with van der Waals surface area (Å²) in [6, 6.07) is 4.32. The van der Waals surface area contributed by atoms with Crippen molar-refractivity contribution in [2.45, 2.75) is 20.0 Å². The zero-order valence-electron chi connectivity index (χ0n) is 9.84. The monoisotopic (exact) mass is 240 g/mol. The van der Waals surface area contributed by atoms with Crippen LogP contribution in [0.4, 0.5) is 11.4 Å². The molecule has 6 heteroatoms. The maximum atomic E-state index is 10.5. The van der Waals surface area contributed by atoms with E-state index in [-0.39, 0.29) is 18.4 Å². The largest absolute Gasteiger partial charge is 0.484 e. The Bertz CT molecular complexity index is 395. The van der Waals surface area contributed by atoms with Crippen LogP contribution in [0.2, 0.25) is 0 Å². The lowest BCUT2D eigenvalue weighted by Crippen LogP contribution is -2.33. The van der Waals surface area contributed by atoms with Gasteiger partial charge in [-0.05, 0) is 6.07 Å². The average Bonchev–Trinajstić information content (AvgIpc) is 2.39. The van der Waals surface area contributed by atoms with Crippen LogP contribution < -0.4 is 10.1 Å². The smallest absolute Gasteiger partial charge is 0.271 e. The van der Waals surface area contributed by atoms with E-state index in [9.17, 15) is 10.1 Å². The molecular weight excluding hydrogens is 224 g/mol. The summed E-state index contributed by atoms with van der Waals surface area (Å²) >= 11 is 0. The fraction of sp³-hybridized carbons (Fsp3) is 0.455. The van der Waals surface area contributed by atoms with Gasteiger partial charge in [-0.15, -0.1) is 0 Å². The highest BCUT2D eigenvalue weighted by Gasteiger charge is 2.20. The molecule has 1 aromatic rings. The number of nitro groups is 1. The van der Waals surface area contributed by atoms with Gasteiger partial charge in [0, 0.05) is 12.1 Å². The Morgan fingerprint density at radius 3 is 2.88 bits per heavy atom. The molecule has 1 heterocycles. The van der Waals surface area contributed by atoms with Crippen molar-refractivity contribution in [3.63, 3.8) is 0 Å². The number of nitro benzene ring substituents is 1. The number of aliphatic hydroxyl groups is 1. The summed E-state index contributed by atoms with van der Waals surface area (Å²) in [7, 11) is 0. The summed E-state index contributed by atoms with van der Waals surface area (Å²) in [6.07, 6.45) is -0.293. The molecule has 0 aliphatic carbocycles. The third kappa shape index (κ3) is 3.07. The molecule has 0 saturated carbocycles. The van der Waals surface area contributed by atoms with Crippen LogP contribution in [0, 0.1) is 10.1 Å². The van der Waals surface area contributed by atoms with Crippen molar-refractivity contribution in [1.82, 2.24) is 0 Å². The van der Waals surface area contributed by atoms with E-state index in [1.807, 2.05) is 13.8 Å². The summed E-state index contributed by atoms with van der Waals surface area (Å²) < 4.78 is 5.38. The van der Waals surface area contributed by atoms with Crippen LogP contribution in [0.15, 0.2) is 18.2 Å². The first-order chi connectivity index (χ1) is 8.20. The molecule has 1 aromatic carbocycles. The molecule has 0 saturated heterocycles. The molecule has 1 unspecified atom stereocenters. The Hall–Kier alpha value is -1.82. The third-order valence-corrected chi connectivity index (χ3v) is 2.19. The van der Waals surface area contributed by atoms with Crippen LogP contribution in [0.1, 0.15) is 13.8 Å². The Morgan fingerprint density at radius 2 is 2.29 bits per heavy atom. The van der Waals surface area contributed by atoms with E-state index in [1.165, 1.54) is 18.2 Å². The molecule has 0 amide bonds. The van der Waals surface area contributed by atoms with Gasteiger partial charge in [-0.3, -0.25) is 10.1 Å². The zero-order chi connectivity index (χ0) is 12.8. The standard InChI is InChI=1S/C9H10N2O4.C2H6/c12-5-7-4-10-8-3-6(11(13)14)1-2-9(8)15-7;1-2/h1-3,7,10,12H,4-5H2;1-2H3. The van der Waals surface area contributed by atoms with Gasteiger partial charge >= 0.3 is 0 Å². The number of hydrogen-bond donors (Lipinski definition) is 2. The molecule has 0 radical (unpaired) electrons. The van der Waals surface area contributed by atoms with Crippen LogP contribution in [0.3, 0.4) is 0 Å². The molecule has 6 nitrogen and oxygen atoms in total. The SMILES string of the molecule is CC.O=[N+]([O-])c1ccc2c(c1)NCC(CO)O2. The average molecular weight is 240 g/mol. The molecule has 1 aliphatic heterocycles. The third-order valence-electron chi connectivity index (χ3n) is 2.19. The molecule has 1 aliphatic rings. The van der Waals surface area contributed by atoms with Gasteiger partial charge < -0.3 is 15.2 Å². The van der Waals surface area contributed by atoms with Gasteiger partial charge in [0.05, 0.1) is 23.8 Å². The molecule has 0 fully saturated rings. The van der Waals surface area contributed by atoms with Crippen molar-refractivity contribution in [3.05, 3.63) is 28.3 Å². The zero-order valence-corrected chi connectivity index (χ0v) is 9.84. The van der Waals surface area contributed by atoms with Gasteiger partial charge in [0.1, 0.15) is 11.9 Å². The number of nitrogens with one attached hydrogen (secondary N) is 1. The summed E-state index contributed by atoms with van der Waals surface area (Å²) in [6.45, 7) is 4.37. The number of ether oxygens (including phenoxy) is 1. The van der Waals surface area contributed by atoms with E-state index in [4.69, 9.17) is 9.84 Å². The maximum absolute atomic E-state index is 10.5. The minimum absolute atomic E-state index is 0.0206. The number of rotatable bonds is 2. The molecule has 94 valence electrons.